The van der Waals surface area contributed by atoms with Crippen molar-refractivity contribution in [2.45, 2.75) is 6.92 Å². The predicted octanol–water partition coefficient (Wildman–Crippen LogP) is 1.73. The summed E-state index contributed by atoms with van der Waals surface area (Å²) in [6.07, 6.45) is 0. The van der Waals surface area contributed by atoms with Gasteiger partial charge in [0.2, 0.25) is 0 Å². The lowest BCUT2D eigenvalue weighted by Crippen LogP contribution is -2.48. The Balaban J connectivity index is 2.03. The van der Waals surface area contributed by atoms with Gasteiger partial charge in [0.25, 0.3) is 0 Å². The predicted molar refractivity (Wildman–Crippen MR) is 73.9 cm³/mol. The second kappa shape index (κ2) is 5.71. The van der Waals surface area contributed by atoms with Crippen LogP contribution in [-0.4, -0.2) is 44.2 Å². The van der Waals surface area contributed by atoms with Gasteiger partial charge in [-0.1, -0.05) is 17.7 Å². The van der Waals surface area contributed by atoms with Gasteiger partial charge < -0.3 is 10.6 Å². The van der Waals surface area contributed by atoms with Gasteiger partial charge in [0.1, 0.15) is 0 Å². The van der Waals surface area contributed by atoms with Crippen LogP contribution in [0.25, 0.3) is 0 Å². The summed E-state index contributed by atoms with van der Waals surface area (Å²) < 4.78 is 0. The van der Waals surface area contributed by atoms with Crippen LogP contribution < -0.4 is 10.6 Å². The molecular weight excluding hydrogens is 234 g/mol. The Morgan fingerprint density at radius 3 is 2.59 bits per heavy atom. The Kier molecular flexibility index (Phi) is 4.26. The lowest BCUT2D eigenvalue weighted by molar-refractivity contribution is 0.265. The van der Waals surface area contributed by atoms with Crippen molar-refractivity contribution >= 4 is 17.3 Å². The van der Waals surface area contributed by atoms with Crippen LogP contribution in [0.3, 0.4) is 0 Å². The molecule has 3 nitrogen and oxygen atoms in total. The molecule has 0 aliphatic carbocycles. The summed E-state index contributed by atoms with van der Waals surface area (Å²) in [6, 6.07) is 6.13. The van der Waals surface area contributed by atoms with Crippen molar-refractivity contribution in [1.29, 1.82) is 0 Å². The third kappa shape index (κ3) is 2.92. The zero-order chi connectivity index (χ0) is 12.3. The van der Waals surface area contributed by atoms with Crippen LogP contribution in [0.1, 0.15) is 5.56 Å². The average Bonchev–Trinajstić information content (AvgIpc) is 2.34. The molecule has 1 heterocycles. The van der Waals surface area contributed by atoms with E-state index >= 15 is 0 Å². The van der Waals surface area contributed by atoms with E-state index in [4.69, 9.17) is 17.3 Å². The summed E-state index contributed by atoms with van der Waals surface area (Å²) in [6.45, 7) is 8.12. The molecule has 1 aromatic rings. The fourth-order valence-corrected chi connectivity index (χ4v) is 2.50. The van der Waals surface area contributed by atoms with Crippen molar-refractivity contribution < 1.29 is 0 Å². The molecule has 0 atom stereocenters. The van der Waals surface area contributed by atoms with Crippen LogP contribution in [0.2, 0.25) is 5.02 Å². The first-order valence-electron chi connectivity index (χ1n) is 6.15. The van der Waals surface area contributed by atoms with E-state index < -0.39 is 0 Å². The van der Waals surface area contributed by atoms with Crippen molar-refractivity contribution in [1.82, 2.24) is 4.90 Å². The molecule has 2 rings (SSSR count). The molecule has 0 amide bonds. The summed E-state index contributed by atoms with van der Waals surface area (Å²) in [4.78, 5) is 4.82. The first kappa shape index (κ1) is 12.7. The van der Waals surface area contributed by atoms with Crippen LogP contribution in [0.15, 0.2) is 18.2 Å². The number of hydrogen-bond donors (Lipinski definition) is 1. The quantitative estimate of drug-likeness (QED) is 0.891. The minimum absolute atomic E-state index is 0.746. The molecule has 1 aliphatic rings. The van der Waals surface area contributed by atoms with E-state index in [1.165, 1.54) is 11.3 Å². The molecule has 1 saturated heterocycles. The van der Waals surface area contributed by atoms with Crippen LogP contribution in [0, 0.1) is 6.92 Å². The van der Waals surface area contributed by atoms with Crippen molar-refractivity contribution in [3.63, 3.8) is 0 Å². The highest BCUT2D eigenvalue weighted by Gasteiger charge is 2.18. The number of nitrogens with two attached hydrogens (primary N) is 1. The lowest BCUT2D eigenvalue weighted by Gasteiger charge is -2.36. The maximum atomic E-state index is 6.16. The smallest absolute Gasteiger partial charge is 0.0455 e. The van der Waals surface area contributed by atoms with Crippen LogP contribution in [-0.2, 0) is 0 Å². The van der Waals surface area contributed by atoms with Crippen molar-refractivity contribution in [3.05, 3.63) is 28.8 Å². The summed E-state index contributed by atoms with van der Waals surface area (Å²) >= 11 is 6.16. The van der Waals surface area contributed by atoms with Crippen molar-refractivity contribution in [2.24, 2.45) is 5.73 Å². The summed E-state index contributed by atoms with van der Waals surface area (Å²) in [5.41, 5.74) is 8.03. The maximum absolute atomic E-state index is 6.16. The largest absolute Gasteiger partial charge is 0.369 e. The lowest BCUT2D eigenvalue weighted by atomic mass is 10.1. The van der Waals surface area contributed by atoms with Crippen LogP contribution in [0.4, 0.5) is 5.69 Å². The van der Waals surface area contributed by atoms with E-state index in [1.807, 2.05) is 12.1 Å². The molecule has 0 saturated carbocycles. The molecule has 1 aromatic carbocycles. The Bertz CT molecular complexity index is 373. The highest BCUT2D eigenvalue weighted by atomic mass is 35.5. The second-order valence-corrected chi connectivity index (χ2v) is 4.91. The monoisotopic (exact) mass is 253 g/mol. The molecule has 2 N–H and O–H groups in total. The van der Waals surface area contributed by atoms with E-state index in [2.05, 4.69) is 22.8 Å². The summed E-state index contributed by atoms with van der Waals surface area (Å²) in [5, 5.41) is 0.854. The molecule has 0 spiro atoms. The highest BCUT2D eigenvalue weighted by molar-refractivity contribution is 6.31. The van der Waals surface area contributed by atoms with Gasteiger partial charge in [0, 0.05) is 50.0 Å². The molecule has 4 heteroatoms. The first-order chi connectivity index (χ1) is 8.22. The fourth-order valence-electron chi connectivity index (χ4n) is 2.33. The van der Waals surface area contributed by atoms with Crippen molar-refractivity contribution in [3.8, 4) is 0 Å². The Morgan fingerprint density at radius 2 is 1.94 bits per heavy atom. The van der Waals surface area contributed by atoms with Gasteiger partial charge in [-0.25, -0.2) is 0 Å². The third-order valence-corrected chi connectivity index (χ3v) is 3.81. The van der Waals surface area contributed by atoms with Gasteiger partial charge in [-0.2, -0.15) is 0 Å². The van der Waals surface area contributed by atoms with E-state index in [-0.39, 0.29) is 0 Å². The summed E-state index contributed by atoms with van der Waals surface area (Å²) in [5.74, 6) is 0. The van der Waals surface area contributed by atoms with E-state index in [0.717, 1.165) is 44.3 Å². The number of benzene rings is 1. The minimum Gasteiger partial charge on any atom is -0.369 e. The third-order valence-electron chi connectivity index (χ3n) is 3.40. The maximum Gasteiger partial charge on any atom is 0.0455 e. The minimum atomic E-state index is 0.746. The van der Waals surface area contributed by atoms with Gasteiger partial charge in [-0.05, 0) is 24.6 Å². The first-order valence-corrected chi connectivity index (χ1v) is 6.52. The Labute approximate surface area is 108 Å². The van der Waals surface area contributed by atoms with Gasteiger partial charge in [0.15, 0.2) is 0 Å². The molecular formula is C13H20ClN3. The normalized spacial score (nSPS) is 17.5. The van der Waals surface area contributed by atoms with Gasteiger partial charge in [-0.15, -0.1) is 0 Å². The van der Waals surface area contributed by atoms with Gasteiger partial charge in [-0.3, -0.25) is 4.90 Å². The molecule has 94 valence electrons. The van der Waals surface area contributed by atoms with Gasteiger partial charge in [0.05, 0.1) is 0 Å². The van der Waals surface area contributed by atoms with Crippen molar-refractivity contribution in [2.75, 3.05) is 44.2 Å². The molecule has 0 bridgehead atoms. The molecule has 0 radical (unpaired) electrons. The van der Waals surface area contributed by atoms with E-state index in [0.29, 0.717) is 0 Å². The SMILES string of the molecule is Cc1c(Cl)cccc1N1CCN(CCN)CC1. The number of piperazine rings is 1. The fraction of sp³-hybridized carbons (Fsp3) is 0.538. The van der Waals surface area contributed by atoms with E-state index in [9.17, 15) is 0 Å². The average molecular weight is 254 g/mol. The zero-order valence-corrected chi connectivity index (χ0v) is 11.1. The Hall–Kier alpha value is -0.770. The Morgan fingerprint density at radius 1 is 1.24 bits per heavy atom. The zero-order valence-electron chi connectivity index (χ0n) is 10.3. The number of rotatable bonds is 3. The molecule has 0 unspecified atom stereocenters. The number of hydrogen-bond acceptors (Lipinski definition) is 3. The molecule has 1 fully saturated rings. The number of halogens is 1. The van der Waals surface area contributed by atoms with E-state index in [1.54, 1.807) is 0 Å². The molecule has 1 aliphatic heterocycles. The van der Waals surface area contributed by atoms with Crippen LogP contribution in [0.5, 0.6) is 0 Å². The van der Waals surface area contributed by atoms with Crippen LogP contribution >= 0.6 is 11.6 Å². The molecule has 17 heavy (non-hydrogen) atoms. The number of nitrogens with zero attached hydrogens (tertiary/aromatic N) is 2. The molecule has 0 aromatic heterocycles. The van der Waals surface area contributed by atoms with Gasteiger partial charge >= 0.3 is 0 Å². The summed E-state index contributed by atoms with van der Waals surface area (Å²) in [7, 11) is 0. The number of anilines is 1. The highest BCUT2D eigenvalue weighted by Crippen LogP contribution is 2.27. The topological polar surface area (TPSA) is 32.5 Å². The standard InChI is InChI=1S/C13H20ClN3/c1-11-12(14)3-2-4-13(11)17-9-7-16(6-5-15)8-10-17/h2-4H,5-10,15H2,1H3. The second-order valence-electron chi connectivity index (χ2n) is 4.50.